The fourth-order valence-corrected chi connectivity index (χ4v) is 2.68. The van der Waals surface area contributed by atoms with Gasteiger partial charge in [0.05, 0.1) is 4.91 Å². The molecule has 1 heterocycles. The van der Waals surface area contributed by atoms with Crippen molar-refractivity contribution in [3.8, 4) is 0 Å². The lowest BCUT2D eigenvalue weighted by Gasteiger charge is -2.06. The first-order valence-corrected chi connectivity index (χ1v) is 6.81. The number of carbonyl (C=O) groups is 2. The second-order valence-corrected chi connectivity index (χ2v) is 5.01. The average Bonchev–Trinajstić information content (AvgIpc) is 2.65. The number of nitrogens with zero attached hydrogens (tertiary/aromatic N) is 1. The number of rotatable bonds is 3. The Kier molecular flexibility index (Phi) is 3.87. The summed E-state index contributed by atoms with van der Waals surface area (Å²) in [5.74, 6) is -0.188. The standard InChI is InChI=1S/C14H15NO2S/c1-3-10-5-7-11(8-6-10)9-12-13(16)15(4-2)14(17)18-12/h5-9H,3-4H2,1-2H3. The molecule has 2 amide bonds. The molecule has 94 valence electrons. The Morgan fingerprint density at radius 3 is 2.33 bits per heavy atom. The predicted molar refractivity (Wildman–Crippen MR) is 74.2 cm³/mol. The molecular formula is C14H15NO2S. The van der Waals surface area contributed by atoms with Crippen LogP contribution in [0.1, 0.15) is 25.0 Å². The summed E-state index contributed by atoms with van der Waals surface area (Å²) in [6.07, 6.45) is 2.77. The van der Waals surface area contributed by atoms with Crippen LogP contribution in [0.25, 0.3) is 6.08 Å². The Morgan fingerprint density at radius 1 is 1.17 bits per heavy atom. The van der Waals surface area contributed by atoms with Crippen molar-refractivity contribution >= 4 is 29.0 Å². The van der Waals surface area contributed by atoms with Crippen LogP contribution in [-0.4, -0.2) is 22.6 Å². The lowest BCUT2D eigenvalue weighted by atomic mass is 10.1. The van der Waals surface area contributed by atoms with Crippen molar-refractivity contribution < 1.29 is 9.59 Å². The van der Waals surface area contributed by atoms with E-state index in [9.17, 15) is 9.59 Å². The summed E-state index contributed by atoms with van der Waals surface area (Å²) in [6.45, 7) is 4.33. The third-order valence-corrected chi connectivity index (χ3v) is 3.78. The van der Waals surface area contributed by atoms with E-state index in [1.807, 2.05) is 24.3 Å². The molecule has 1 aliphatic rings. The first kappa shape index (κ1) is 12.9. The molecule has 1 aromatic carbocycles. The second kappa shape index (κ2) is 5.40. The normalized spacial score (nSPS) is 17.9. The van der Waals surface area contributed by atoms with Crippen molar-refractivity contribution in [1.29, 1.82) is 0 Å². The average molecular weight is 261 g/mol. The molecular weight excluding hydrogens is 246 g/mol. The SMILES string of the molecule is CCc1ccc(C=C2SC(=O)N(CC)C2=O)cc1. The van der Waals surface area contributed by atoms with E-state index >= 15 is 0 Å². The van der Waals surface area contributed by atoms with Gasteiger partial charge in [-0.1, -0.05) is 31.2 Å². The molecule has 1 fully saturated rings. The largest absolute Gasteiger partial charge is 0.293 e. The summed E-state index contributed by atoms with van der Waals surface area (Å²) >= 11 is 1.01. The molecule has 1 saturated heterocycles. The fraction of sp³-hybridized carbons (Fsp3) is 0.286. The van der Waals surface area contributed by atoms with Gasteiger partial charge >= 0.3 is 0 Å². The van der Waals surface area contributed by atoms with Gasteiger partial charge in [0.1, 0.15) is 0 Å². The first-order chi connectivity index (χ1) is 8.65. The summed E-state index contributed by atoms with van der Waals surface area (Å²) < 4.78 is 0. The zero-order chi connectivity index (χ0) is 13.1. The van der Waals surface area contributed by atoms with Gasteiger partial charge in [-0.05, 0) is 42.3 Å². The Morgan fingerprint density at radius 2 is 1.83 bits per heavy atom. The van der Waals surface area contributed by atoms with Crippen LogP contribution in [0.15, 0.2) is 29.2 Å². The van der Waals surface area contributed by atoms with E-state index < -0.39 is 0 Å². The van der Waals surface area contributed by atoms with Gasteiger partial charge in [-0.15, -0.1) is 0 Å². The van der Waals surface area contributed by atoms with Crippen LogP contribution < -0.4 is 0 Å². The van der Waals surface area contributed by atoms with Crippen LogP contribution in [0.3, 0.4) is 0 Å². The van der Waals surface area contributed by atoms with Gasteiger partial charge < -0.3 is 0 Å². The molecule has 3 nitrogen and oxygen atoms in total. The topological polar surface area (TPSA) is 37.4 Å². The minimum Gasteiger partial charge on any atom is -0.269 e. The minimum absolute atomic E-state index is 0.182. The monoisotopic (exact) mass is 261 g/mol. The van der Waals surface area contributed by atoms with Crippen molar-refractivity contribution in [2.45, 2.75) is 20.3 Å². The summed E-state index contributed by atoms with van der Waals surface area (Å²) in [5, 5.41) is -0.182. The number of likely N-dealkylation sites (N-methyl/N-ethyl adjacent to an activating group) is 1. The first-order valence-electron chi connectivity index (χ1n) is 6.00. The molecule has 0 N–H and O–H groups in total. The Labute approximate surface area is 111 Å². The smallest absolute Gasteiger partial charge is 0.269 e. The van der Waals surface area contributed by atoms with Gasteiger partial charge in [0.2, 0.25) is 0 Å². The number of carbonyl (C=O) groups excluding carboxylic acids is 2. The summed E-state index contributed by atoms with van der Waals surface area (Å²) in [5.41, 5.74) is 2.21. The lowest BCUT2D eigenvalue weighted by molar-refractivity contribution is -0.122. The number of hydrogen-bond donors (Lipinski definition) is 0. The van der Waals surface area contributed by atoms with E-state index in [2.05, 4.69) is 6.92 Å². The van der Waals surface area contributed by atoms with Crippen molar-refractivity contribution in [1.82, 2.24) is 4.90 Å². The van der Waals surface area contributed by atoms with E-state index in [0.29, 0.717) is 11.4 Å². The predicted octanol–water partition coefficient (Wildman–Crippen LogP) is 3.31. The van der Waals surface area contributed by atoms with E-state index in [0.717, 1.165) is 23.7 Å². The lowest BCUT2D eigenvalue weighted by Crippen LogP contribution is -2.27. The maximum atomic E-state index is 11.9. The third kappa shape index (κ3) is 2.48. The Balaban J connectivity index is 2.23. The zero-order valence-electron chi connectivity index (χ0n) is 10.5. The second-order valence-electron chi connectivity index (χ2n) is 4.02. The molecule has 2 rings (SSSR count). The van der Waals surface area contributed by atoms with Gasteiger partial charge in [-0.3, -0.25) is 14.5 Å². The third-order valence-electron chi connectivity index (χ3n) is 2.88. The molecule has 0 unspecified atom stereocenters. The molecule has 0 atom stereocenters. The summed E-state index contributed by atoms with van der Waals surface area (Å²) in [4.78, 5) is 25.2. The van der Waals surface area contributed by atoms with Crippen molar-refractivity contribution in [3.63, 3.8) is 0 Å². The molecule has 18 heavy (non-hydrogen) atoms. The number of imide groups is 1. The fourth-order valence-electron chi connectivity index (χ4n) is 1.77. The van der Waals surface area contributed by atoms with E-state index in [4.69, 9.17) is 0 Å². The van der Waals surface area contributed by atoms with Crippen molar-refractivity contribution in [2.75, 3.05) is 6.54 Å². The summed E-state index contributed by atoms with van der Waals surface area (Å²) in [6, 6.07) is 8.02. The van der Waals surface area contributed by atoms with Crippen LogP contribution in [0.2, 0.25) is 0 Å². The molecule has 4 heteroatoms. The Hall–Kier alpha value is -1.55. The molecule has 1 aromatic rings. The quantitative estimate of drug-likeness (QED) is 0.783. The van der Waals surface area contributed by atoms with Crippen LogP contribution in [0.4, 0.5) is 4.79 Å². The highest BCUT2D eigenvalue weighted by atomic mass is 32.2. The number of benzene rings is 1. The molecule has 0 aliphatic carbocycles. The maximum Gasteiger partial charge on any atom is 0.293 e. The van der Waals surface area contributed by atoms with Gasteiger partial charge in [-0.2, -0.15) is 0 Å². The van der Waals surface area contributed by atoms with Gasteiger partial charge in [-0.25, -0.2) is 0 Å². The highest BCUT2D eigenvalue weighted by Gasteiger charge is 2.33. The minimum atomic E-state index is -0.188. The maximum absolute atomic E-state index is 11.9. The molecule has 0 bridgehead atoms. The van der Waals surface area contributed by atoms with Gasteiger partial charge in [0, 0.05) is 6.54 Å². The molecule has 0 saturated carbocycles. The number of hydrogen-bond acceptors (Lipinski definition) is 3. The number of amides is 2. The van der Waals surface area contributed by atoms with Gasteiger partial charge in [0.15, 0.2) is 0 Å². The summed E-state index contributed by atoms with van der Waals surface area (Å²) in [7, 11) is 0. The van der Waals surface area contributed by atoms with Crippen LogP contribution in [-0.2, 0) is 11.2 Å². The highest BCUT2D eigenvalue weighted by molar-refractivity contribution is 8.18. The molecule has 1 aliphatic heterocycles. The zero-order valence-corrected chi connectivity index (χ0v) is 11.3. The van der Waals surface area contributed by atoms with Crippen LogP contribution in [0, 0.1) is 0 Å². The molecule has 0 aromatic heterocycles. The van der Waals surface area contributed by atoms with E-state index in [1.54, 1.807) is 13.0 Å². The van der Waals surface area contributed by atoms with E-state index in [-0.39, 0.29) is 11.1 Å². The number of aryl methyl sites for hydroxylation is 1. The molecule has 0 radical (unpaired) electrons. The van der Waals surface area contributed by atoms with Crippen LogP contribution in [0.5, 0.6) is 0 Å². The Bertz CT molecular complexity index is 505. The van der Waals surface area contributed by atoms with E-state index in [1.165, 1.54) is 10.5 Å². The highest BCUT2D eigenvalue weighted by Crippen LogP contribution is 2.31. The number of thioether (sulfide) groups is 1. The van der Waals surface area contributed by atoms with Gasteiger partial charge in [0.25, 0.3) is 11.1 Å². The van der Waals surface area contributed by atoms with Crippen molar-refractivity contribution in [3.05, 3.63) is 40.3 Å². The van der Waals surface area contributed by atoms with Crippen molar-refractivity contribution in [2.24, 2.45) is 0 Å². The van der Waals surface area contributed by atoms with Crippen LogP contribution >= 0.6 is 11.8 Å². The molecule has 0 spiro atoms.